The third kappa shape index (κ3) is 9.94. The number of benzene rings is 1. The fourth-order valence-electron chi connectivity index (χ4n) is 9.32. The van der Waals surface area contributed by atoms with Crippen LogP contribution in [0, 0.1) is 23.7 Å². The Balaban J connectivity index is 1.44. The molecule has 0 aromatic heterocycles. The Morgan fingerprint density at radius 2 is 1.70 bits per heavy atom. The average Bonchev–Trinajstić information content (AvgIpc) is 3.91. The highest BCUT2D eigenvalue weighted by Gasteiger charge is 2.48. The van der Waals surface area contributed by atoms with Crippen LogP contribution in [0.25, 0.3) is 0 Å². The molecule has 2 bridgehead atoms. The number of nitrogen functional groups attached to an aromatic ring is 1. The monoisotopic (exact) mass is 757 g/mol. The predicted molar refractivity (Wildman–Crippen MR) is 209 cm³/mol. The Labute approximate surface area is 323 Å². The molecule has 13 nitrogen and oxygen atoms in total. The number of nitrogens with zero attached hydrogens (tertiary/aromatic N) is 3. The summed E-state index contributed by atoms with van der Waals surface area (Å²) in [6.07, 6.45) is 4.67. The van der Waals surface area contributed by atoms with Crippen molar-refractivity contribution in [3.63, 3.8) is 0 Å². The molecule has 4 rings (SSSR count). The minimum absolute atomic E-state index is 0.00514. The van der Waals surface area contributed by atoms with E-state index in [0.29, 0.717) is 37.0 Å². The van der Waals surface area contributed by atoms with Crippen molar-refractivity contribution in [3.8, 4) is 0 Å². The van der Waals surface area contributed by atoms with E-state index in [1.807, 2.05) is 33.0 Å². The van der Waals surface area contributed by atoms with Crippen LogP contribution in [0.4, 0.5) is 5.69 Å². The number of piperidine rings is 1. The van der Waals surface area contributed by atoms with Crippen LogP contribution in [-0.2, 0) is 35.1 Å². The number of nitrogens with two attached hydrogens (primary N) is 1. The number of methoxy groups -OCH3 is 2. The van der Waals surface area contributed by atoms with Gasteiger partial charge in [-0.25, -0.2) is 0 Å². The Bertz CT molecular complexity index is 1410. The maximum Gasteiger partial charge on any atom is 0.245 e. The SMILES string of the molecule is CCC(C)C(C(CC(=O)N1CCCC1C(OC)C(C)C(=O)NC(CO)Cc1ccc(N)cc1)OC)N(C)C(=O)C(NC(=O)C1C2CCC(C2)N1C)C(C)C. The van der Waals surface area contributed by atoms with E-state index in [1.54, 1.807) is 50.1 Å². The number of anilines is 1. The summed E-state index contributed by atoms with van der Waals surface area (Å²) < 4.78 is 12.0. The molecule has 3 fully saturated rings. The van der Waals surface area contributed by atoms with Crippen molar-refractivity contribution in [2.24, 2.45) is 23.7 Å². The largest absolute Gasteiger partial charge is 0.399 e. The number of aliphatic hydroxyl groups is 1. The van der Waals surface area contributed by atoms with Crippen LogP contribution in [0.2, 0.25) is 0 Å². The van der Waals surface area contributed by atoms with Crippen molar-refractivity contribution < 1.29 is 33.8 Å². The lowest BCUT2D eigenvalue weighted by Crippen LogP contribution is -2.60. The van der Waals surface area contributed by atoms with Gasteiger partial charge in [0, 0.05) is 39.5 Å². The molecule has 11 unspecified atom stereocenters. The maximum absolute atomic E-state index is 14.3. The highest BCUT2D eigenvalue weighted by Crippen LogP contribution is 2.41. The van der Waals surface area contributed by atoms with E-state index >= 15 is 0 Å². The molecule has 54 heavy (non-hydrogen) atoms. The smallest absolute Gasteiger partial charge is 0.245 e. The molecule has 2 aliphatic heterocycles. The van der Waals surface area contributed by atoms with Gasteiger partial charge in [-0.15, -0.1) is 0 Å². The van der Waals surface area contributed by atoms with Gasteiger partial charge in [-0.3, -0.25) is 24.1 Å². The van der Waals surface area contributed by atoms with Gasteiger partial charge in [0.1, 0.15) is 6.04 Å². The zero-order chi connectivity index (χ0) is 39.9. The molecular weight excluding hydrogens is 688 g/mol. The molecule has 2 heterocycles. The fraction of sp³-hybridized carbons (Fsp3) is 0.756. The summed E-state index contributed by atoms with van der Waals surface area (Å²) >= 11 is 0. The molecule has 3 aliphatic rings. The molecule has 4 amide bonds. The number of ether oxygens (including phenoxy) is 2. The number of hydrogen-bond donors (Lipinski definition) is 4. The molecule has 2 saturated heterocycles. The lowest BCUT2D eigenvalue weighted by molar-refractivity contribution is -0.148. The van der Waals surface area contributed by atoms with Crippen molar-refractivity contribution in [3.05, 3.63) is 29.8 Å². The highest BCUT2D eigenvalue weighted by atomic mass is 16.5. The third-order valence-corrected chi connectivity index (χ3v) is 12.7. The van der Waals surface area contributed by atoms with Crippen molar-refractivity contribution in [2.45, 2.75) is 134 Å². The molecule has 13 heteroatoms. The number of amides is 4. The third-order valence-electron chi connectivity index (χ3n) is 12.7. The van der Waals surface area contributed by atoms with Gasteiger partial charge in [-0.2, -0.15) is 0 Å². The molecule has 0 spiro atoms. The van der Waals surface area contributed by atoms with Crippen LogP contribution in [-0.4, -0.2) is 133 Å². The van der Waals surface area contributed by atoms with Crippen LogP contribution in [0.1, 0.15) is 85.1 Å². The summed E-state index contributed by atoms with van der Waals surface area (Å²) in [5.41, 5.74) is 7.39. The molecule has 1 aliphatic carbocycles. The first kappa shape index (κ1) is 43.5. The van der Waals surface area contributed by atoms with Gasteiger partial charge < -0.3 is 40.7 Å². The average molecular weight is 757 g/mol. The number of aliphatic hydroxyl groups excluding tert-OH is 1. The van der Waals surface area contributed by atoms with Crippen LogP contribution < -0.4 is 16.4 Å². The molecule has 11 atom stereocenters. The first-order valence-electron chi connectivity index (χ1n) is 20.1. The maximum atomic E-state index is 14.3. The Morgan fingerprint density at radius 3 is 2.26 bits per heavy atom. The van der Waals surface area contributed by atoms with Crippen molar-refractivity contribution in [1.29, 1.82) is 0 Å². The minimum atomic E-state index is -0.718. The number of carbonyl (C=O) groups is 4. The number of carbonyl (C=O) groups excluding carboxylic acids is 4. The summed E-state index contributed by atoms with van der Waals surface area (Å²) in [5.74, 6) is -1.11. The van der Waals surface area contributed by atoms with Crippen molar-refractivity contribution in [2.75, 3.05) is 47.2 Å². The highest BCUT2D eigenvalue weighted by molar-refractivity contribution is 5.90. The Kier molecular flexibility index (Phi) is 15.7. The fourth-order valence-corrected chi connectivity index (χ4v) is 9.32. The van der Waals surface area contributed by atoms with Crippen LogP contribution >= 0.6 is 0 Å². The van der Waals surface area contributed by atoms with Gasteiger partial charge in [0.05, 0.1) is 55.3 Å². The minimum Gasteiger partial charge on any atom is -0.399 e. The topological polar surface area (TPSA) is 167 Å². The number of fused-ring (bicyclic) bond motifs is 2. The standard InChI is InChI=1S/C41H68N6O7/c1-10-25(4)36(46(7)41(52)35(24(2)3)44-40(51)37-28-15-18-31(21-28)45(37)6)33(53-8)22-34(49)47-19-11-12-32(47)38(54-9)26(5)39(50)43-30(23-48)20-27-13-16-29(42)17-14-27/h13-14,16-17,24-26,28,30-33,35-38,48H,10-12,15,18-23,42H2,1-9H3,(H,43,50)(H,44,51). The van der Waals surface area contributed by atoms with E-state index < -0.39 is 36.3 Å². The van der Waals surface area contributed by atoms with Gasteiger partial charge in [-0.1, -0.05) is 53.2 Å². The van der Waals surface area contributed by atoms with Gasteiger partial charge in [0.15, 0.2) is 0 Å². The lowest BCUT2D eigenvalue weighted by atomic mass is 9.89. The number of likely N-dealkylation sites (tertiary alicyclic amines) is 2. The quantitative estimate of drug-likeness (QED) is 0.155. The molecule has 5 N–H and O–H groups in total. The normalized spacial score (nSPS) is 25.1. The molecule has 1 aromatic rings. The number of nitrogens with one attached hydrogen (secondary N) is 2. The summed E-state index contributed by atoms with van der Waals surface area (Å²) in [6, 6.07) is 5.55. The van der Waals surface area contributed by atoms with E-state index in [0.717, 1.165) is 37.7 Å². The number of hydrogen-bond acceptors (Lipinski definition) is 9. The van der Waals surface area contributed by atoms with E-state index in [1.165, 1.54) is 0 Å². The summed E-state index contributed by atoms with van der Waals surface area (Å²) in [4.78, 5) is 61.4. The van der Waals surface area contributed by atoms with Crippen molar-refractivity contribution in [1.82, 2.24) is 25.3 Å². The Hall–Kier alpha value is -3.26. The van der Waals surface area contributed by atoms with E-state index in [4.69, 9.17) is 15.2 Å². The zero-order valence-electron chi connectivity index (χ0n) is 34.1. The van der Waals surface area contributed by atoms with Crippen LogP contribution in [0.5, 0.6) is 0 Å². The summed E-state index contributed by atoms with van der Waals surface area (Å²) in [6.45, 7) is 10.1. The molecule has 0 radical (unpaired) electrons. The Morgan fingerprint density at radius 1 is 1.02 bits per heavy atom. The zero-order valence-corrected chi connectivity index (χ0v) is 34.1. The predicted octanol–water partition coefficient (Wildman–Crippen LogP) is 2.83. The van der Waals surface area contributed by atoms with Gasteiger partial charge in [-0.05, 0) is 81.0 Å². The van der Waals surface area contributed by atoms with Gasteiger partial charge >= 0.3 is 0 Å². The first-order valence-corrected chi connectivity index (χ1v) is 20.1. The van der Waals surface area contributed by atoms with E-state index in [-0.39, 0.29) is 60.6 Å². The van der Waals surface area contributed by atoms with Gasteiger partial charge in [0.25, 0.3) is 0 Å². The van der Waals surface area contributed by atoms with Crippen molar-refractivity contribution >= 4 is 29.3 Å². The van der Waals surface area contributed by atoms with Gasteiger partial charge in [0.2, 0.25) is 23.6 Å². The first-order chi connectivity index (χ1) is 25.7. The van der Waals surface area contributed by atoms with Crippen LogP contribution in [0.3, 0.4) is 0 Å². The molecule has 1 aromatic carbocycles. The molecular formula is C41H68N6O7. The second-order valence-corrected chi connectivity index (χ2v) is 16.5. The molecule has 1 saturated carbocycles. The van der Waals surface area contributed by atoms with Crippen LogP contribution in [0.15, 0.2) is 24.3 Å². The number of rotatable bonds is 19. The molecule has 304 valence electrons. The van der Waals surface area contributed by atoms with E-state index in [9.17, 15) is 24.3 Å². The lowest BCUT2D eigenvalue weighted by Gasteiger charge is -2.41. The second-order valence-electron chi connectivity index (χ2n) is 16.5. The second kappa shape index (κ2) is 19.6. The summed E-state index contributed by atoms with van der Waals surface area (Å²) in [7, 11) is 6.90. The summed E-state index contributed by atoms with van der Waals surface area (Å²) in [5, 5.41) is 16.2. The van der Waals surface area contributed by atoms with E-state index in [2.05, 4.69) is 29.4 Å². The number of likely N-dealkylation sites (N-methyl/N-ethyl adjacent to an activating group) is 2.